The van der Waals surface area contributed by atoms with Crippen molar-refractivity contribution in [2.75, 3.05) is 0 Å². The maximum atomic E-state index is 5.42. The van der Waals surface area contributed by atoms with Crippen molar-refractivity contribution in [2.24, 2.45) is 0 Å². The first-order valence-corrected chi connectivity index (χ1v) is 5.18. The molecule has 0 aliphatic heterocycles. The number of aromatic nitrogens is 2. The second-order valence-electron chi connectivity index (χ2n) is 3.25. The lowest BCUT2D eigenvalue weighted by Crippen LogP contribution is -1.99. The Morgan fingerprint density at radius 1 is 1.43 bits per heavy atom. The Bertz CT molecular complexity index is 445. The third kappa shape index (κ3) is 1.75. The molecule has 0 saturated carbocycles. The summed E-state index contributed by atoms with van der Waals surface area (Å²) >= 11 is 3.28. The largest absolute Gasteiger partial charge is 0.452 e. The first-order valence-electron chi connectivity index (χ1n) is 4.39. The molecule has 2 heterocycles. The first-order chi connectivity index (χ1) is 6.66. The zero-order chi connectivity index (χ0) is 10.1. The van der Waals surface area contributed by atoms with E-state index in [-0.39, 0.29) is 0 Å². The minimum Gasteiger partial charge on any atom is -0.452 e. The Morgan fingerprint density at radius 3 is 2.71 bits per heavy atom. The molecule has 0 aromatic carbocycles. The van der Waals surface area contributed by atoms with E-state index in [0.29, 0.717) is 0 Å². The Kier molecular flexibility index (Phi) is 2.46. The molecule has 0 amide bonds. The molecule has 2 rings (SSSR count). The molecule has 3 nitrogen and oxygen atoms in total. The summed E-state index contributed by atoms with van der Waals surface area (Å²) in [4.78, 5) is 4.23. The van der Waals surface area contributed by atoms with Crippen LogP contribution in [-0.4, -0.2) is 9.55 Å². The van der Waals surface area contributed by atoms with Crippen LogP contribution in [0.4, 0.5) is 0 Å². The third-order valence-corrected chi connectivity index (χ3v) is 2.73. The van der Waals surface area contributed by atoms with E-state index in [4.69, 9.17) is 4.42 Å². The Balaban J connectivity index is 2.22. The van der Waals surface area contributed by atoms with Gasteiger partial charge in [-0.25, -0.2) is 4.98 Å². The highest BCUT2D eigenvalue weighted by molar-refractivity contribution is 9.10. The SMILES string of the molecule is Cc1ncn(Cc2ccc(Br)o2)c1C. The minimum atomic E-state index is 0.734. The average Bonchev–Trinajstić information content (AvgIpc) is 2.67. The highest BCUT2D eigenvalue weighted by Gasteiger charge is 2.05. The van der Waals surface area contributed by atoms with Crippen LogP contribution >= 0.6 is 15.9 Å². The lowest BCUT2D eigenvalue weighted by atomic mass is 10.3. The van der Waals surface area contributed by atoms with Crippen LogP contribution in [-0.2, 0) is 6.54 Å². The monoisotopic (exact) mass is 254 g/mol. The second-order valence-corrected chi connectivity index (χ2v) is 4.03. The number of imidazole rings is 1. The minimum absolute atomic E-state index is 0.734. The topological polar surface area (TPSA) is 31.0 Å². The number of hydrogen-bond donors (Lipinski definition) is 0. The molecule has 74 valence electrons. The van der Waals surface area contributed by atoms with Gasteiger partial charge in [0.2, 0.25) is 0 Å². The van der Waals surface area contributed by atoms with Crippen LogP contribution < -0.4 is 0 Å². The van der Waals surface area contributed by atoms with Crippen molar-refractivity contribution in [2.45, 2.75) is 20.4 Å². The predicted octanol–water partition coefficient (Wildman–Crippen LogP) is 2.90. The molecule has 0 bridgehead atoms. The van der Waals surface area contributed by atoms with Crippen LogP contribution in [0.15, 0.2) is 27.5 Å². The molecule has 0 saturated heterocycles. The molecule has 2 aromatic heterocycles. The van der Waals surface area contributed by atoms with Gasteiger partial charge in [-0.05, 0) is 41.9 Å². The predicted molar refractivity (Wildman–Crippen MR) is 57.2 cm³/mol. The van der Waals surface area contributed by atoms with E-state index in [1.165, 1.54) is 5.69 Å². The van der Waals surface area contributed by atoms with E-state index in [0.717, 1.165) is 22.7 Å². The molecule has 0 atom stereocenters. The maximum Gasteiger partial charge on any atom is 0.169 e. The molecule has 2 aromatic rings. The van der Waals surface area contributed by atoms with Crippen molar-refractivity contribution in [3.63, 3.8) is 0 Å². The van der Waals surface area contributed by atoms with Crippen LogP contribution in [0, 0.1) is 13.8 Å². The van der Waals surface area contributed by atoms with Gasteiger partial charge in [0.15, 0.2) is 4.67 Å². The zero-order valence-corrected chi connectivity index (χ0v) is 9.71. The van der Waals surface area contributed by atoms with Crippen LogP contribution in [0.3, 0.4) is 0 Å². The van der Waals surface area contributed by atoms with Crippen LogP contribution in [0.2, 0.25) is 0 Å². The smallest absolute Gasteiger partial charge is 0.169 e. The Hall–Kier alpha value is -1.03. The van der Waals surface area contributed by atoms with Crippen LogP contribution in [0.5, 0.6) is 0 Å². The van der Waals surface area contributed by atoms with E-state index in [9.17, 15) is 0 Å². The van der Waals surface area contributed by atoms with Crippen molar-refractivity contribution >= 4 is 15.9 Å². The Morgan fingerprint density at radius 2 is 2.21 bits per heavy atom. The summed E-state index contributed by atoms with van der Waals surface area (Å²) in [5.74, 6) is 0.928. The standard InChI is InChI=1S/C10H11BrN2O/c1-7-8(2)13(6-12-7)5-9-3-4-10(11)14-9/h3-4,6H,5H2,1-2H3. The van der Waals surface area contributed by atoms with E-state index in [1.54, 1.807) is 0 Å². The van der Waals surface area contributed by atoms with Gasteiger partial charge in [-0.1, -0.05) is 0 Å². The van der Waals surface area contributed by atoms with Crippen molar-refractivity contribution in [3.8, 4) is 0 Å². The van der Waals surface area contributed by atoms with Gasteiger partial charge in [-0.2, -0.15) is 0 Å². The van der Waals surface area contributed by atoms with Gasteiger partial charge in [0.05, 0.1) is 18.6 Å². The van der Waals surface area contributed by atoms with Gasteiger partial charge in [0.1, 0.15) is 5.76 Å². The fourth-order valence-electron chi connectivity index (χ4n) is 1.31. The zero-order valence-electron chi connectivity index (χ0n) is 8.12. The summed E-state index contributed by atoms with van der Waals surface area (Å²) in [6.07, 6.45) is 1.83. The van der Waals surface area contributed by atoms with Gasteiger partial charge < -0.3 is 8.98 Å². The van der Waals surface area contributed by atoms with Gasteiger partial charge in [0, 0.05) is 5.69 Å². The molecule has 0 fully saturated rings. The number of nitrogens with zero attached hydrogens (tertiary/aromatic N) is 2. The summed E-state index contributed by atoms with van der Waals surface area (Å²) in [7, 11) is 0. The second kappa shape index (κ2) is 3.61. The first kappa shape index (κ1) is 9.52. The fraction of sp³-hybridized carbons (Fsp3) is 0.300. The number of rotatable bonds is 2. The highest BCUT2D eigenvalue weighted by Crippen LogP contribution is 2.16. The van der Waals surface area contributed by atoms with Crippen molar-refractivity contribution in [3.05, 3.63) is 40.3 Å². The van der Waals surface area contributed by atoms with Gasteiger partial charge in [-0.15, -0.1) is 0 Å². The molecule has 0 unspecified atom stereocenters. The summed E-state index contributed by atoms with van der Waals surface area (Å²) in [6.45, 7) is 4.79. The molecule has 0 radical (unpaired) electrons. The lowest BCUT2D eigenvalue weighted by Gasteiger charge is -2.01. The number of hydrogen-bond acceptors (Lipinski definition) is 2. The fourth-order valence-corrected chi connectivity index (χ4v) is 1.65. The van der Waals surface area contributed by atoms with Crippen LogP contribution in [0.1, 0.15) is 17.1 Å². The average molecular weight is 255 g/mol. The summed E-state index contributed by atoms with van der Waals surface area (Å²) in [6, 6.07) is 3.85. The van der Waals surface area contributed by atoms with E-state index >= 15 is 0 Å². The third-order valence-electron chi connectivity index (χ3n) is 2.30. The van der Waals surface area contributed by atoms with Crippen molar-refractivity contribution < 1.29 is 4.42 Å². The molecule has 4 heteroatoms. The molecular weight excluding hydrogens is 244 g/mol. The molecular formula is C10H11BrN2O. The number of halogens is 1. The molecule has 0 spiro atoms. The number of furan rings is 1. The lowest BCUT2D eigenvalue weighted by molar-refractivity contribution is 0.472. The summed E-state index contributed by atoms with van der Waals surface area (Å²) in [5, 5.41) is 0. The Labute approximate surface area is 90.9 Å². The van der Waals surface area contributed by atoms with Crippen LogP contribution in [0.25, 0.3) is 0 Å². The molecule has 14 heavy (non-hydrogen) atoms. The quantitative estimate of drug-likeness (QED) is 0.826. The van der Waals surface area contributed by atoms with E-state index < -0.39 is 0 Å². The number of aryl methyl sites for hydroxylation is 1. The van der Waals surface area contributed by atoms with E-state index in [2.05, 4.69) is 32.4 Å². The van der Waals surface area contributed by atoms with Gasteiger partial charge >= 0.3 is 0 Å². The summed E-state index contributed by atoms with van der Waals surface area (Å²) in [5.41, 5.74) is 2.24. The summed E-state index contributed by atoms with van der Waals surface area (Å²) < 4.78 is 8.26. The van der Waals surface area contributed by atoms with Gasteiger partial charge in [-0.3, -0.25) is 0 Å². The van der Waals surface area contributed by atoms with Crippen molar-refractivity contribution in [1.29, 1.82) is 0 Å². The van der Waals surface area contributed by atoms with E-state index in [1.807, 2.05) is 25.4 Å². The van der Waals surface area contributed by atoms with Gasteiger partial charge in [0.25, 0.3) is 0 Å². The maximum absolute atomic E-state index is 5.42. The molecule has 0 aliphatic rings. The highest BCUT2D eigenvalue weighted by atomic mass is 79.9. The normalized spacial score (nSPS) is 10.8. The molecule has 0 aliphatic carbocycles. The van der Waals surface area contributed by atoms with Crippen molar-refractivity contribution in [1.82, 2.24) is 9.55 Å². The molecule has 0 N–H and O–H groups in total.